The summed E-state index contributed by atoms with van der Waals surface area (Å²) >= 11 is 0. The van der Waals surface area contributed by atoms with E-state index in [2.05, 4.69) is 51.8 Å². The largest absolute Gasteiger partial charge is 0.462 e. The van der Waals surface area contributed by atoms with Gasteiger partial charge in [0.15, 0.2) is 0 Å². The molecule has 0 unspecified atom stereocenters. The number of alkyl halides is 2. The number of H-pyrrole nitrogens is 1. The van der Waals surface area contributed by atoms with Crippen LogP contribution in [0.5, 0.6) is 6.01 Å². The van der Waals surface area contributed by atoms with Crippen LogP contribution in [0.3, 0.4) is 0 Å². The minimum atomic E-state index is -2.74. The fourth-order valence-electron chi connectivity index (χ4n) is 6.35. The second-order valence-corrected chi connectivity index (χ2v) is 11.6. The number of aliphatic hydroxyl groups is 1. The summed E-state index contributed by atoms with van der Waals surface area (Å²) in [6.07, 6.45) is 2.29. The van der Waals surface area contributed by atoms with E-state index < -0.39 is 12.0 Å². The van der Waals surface area contributed by atoms with Gasteiger partial charge in [-0.2, -0.15) is 15.1 Å². The van der Waals surface area contributed by atoms with E-state index in [9.17, 15) is 13.6 Å². The molecule has 0 aliphatic carbocycles. The van der Waals surface area contributed by atoms with Crippen molar-refractivity contribution in [1.29, 1.82) is 0 Å². The second-order valence-electron chi connectivity index (χ2n) is 11.6. The predicted octanol–water partition coefficient (Wildman–Crippen LogP) is 1.89. The number of ether oxygens (including phenoxy) is 1. The number of fused-ring (bicyclic) bond motifs is 2. The number of hydrogen-bond donors (Lipinski definition) is 2. The number of aromatic nitrogens is 4. The lowest BCUT2D eigenvalue weighted by Crippen LogP contribution is -2.49. The SMILES string of the molecule is Cc1cc2[nH]ncc2c(N2CCc3c(nc(OC[C@@H]4CC(F)(F)CN4C)nc3N3CCN(C(=O)C#CCO)CC3)C2)c1C. The summed E-state index contributed by atoms with van der Waals surface area (Å²) in [4.78, 5) is 29.7. The summed E-state index contributed by atoms with van der Waals surface area (Å²) in [5, 5.41) is 17.3. The molecule has 0 saturated carbocycles. The third kappa shape index (κ3) is 5.81. The molecule has 228 valence electrons. The zero-order chi connectivity index (χ0) is 30.3. The Hall–Kier alpha value is -4.02. The van der Waals surface area contributed by atoms with Crippen molar-refractivity contribution in [3.63, 3.8) is 0 Å². The van der Waals surface area contributed by atoms with Gasteiger partial charge in [0.1, 0.15) is 19.0 Å². The van der Waals surface area contributed by atoms with Crippen molar-refractivity contribution in [2.45, 2.75) is 45.2 Å². The third-order valence-corrected chi connectivity index (χ3v) is 8.75. The van der Waals surface area contributed by atoms with Crippen LogP contribution in [-0.2, 0) is 17.8 Å². The van der Waals surface area contributed by atoms with Crippen LogP contribution in [0.4, 0.5) is 20.3 Å². The van der Waals surface area contributed by atoms with Gasteiger partial charge in [0.05, 0.1) is 36.2 Å². The van der Waals surface area contributed by atoms with Gasteiger partial charge in [-0.3, -0.25) is 14.8 Å². The van der Waals surface area contributed by atoms with E-state index in [1.165, 1.54) is 11.1 Å². The van der Waals surface area contributed by atoms with Gasteiger partial charge < -0.3 is 24.5 Å². The number of hydrogen-bond acceptors (Lipinski definition) is 9. The van der Waals surface area contributed by atoms with Crippen molar-refractivity contribution in [2.75, 3.05) is 69.3 Å². The first-order chi connectivity index (χ1) is 20.6. The Labute approximate surface area is 248 Å². The summed E-state index contributed by atoms with van der Waals surface area (Å²) in [6.45, 7) is 6.91. The number of carbonyl (C=O) groups excluding carboxylic acids is 1. The molecule has 13 heteroatoms. The number of anilines is 2. The standard InChI is InChI=1S/C30H36F2N8O3/c1-19-13-24-23(15-33-36-24)27(20(19)2)40-7-6-22-25(16-40)34-29(43-17-21-14-30(31,32)18-37(21)3)35-28(22)39-10-8-38(9-11-39)26(42)5-4-12-41/h13,15,21,41H,6-12,14,16-18H2,1-3H3,(H,33,36)/t21-/m0/s1. The predicted molar refractivity (Wildman–Crippen MR) is 157 cm³/mol. The minimum Gasteiger partial charge on any atom is -0.462 e. The maximum absolute atomic E-state index is 14.0. The molecule has 1 amide bonds. The molecular formula is C30H36F2N8O3. The number of aliphatic hydroxyl groups excluding tert-OH is 1. The van der Waals surface area contributed by atoms with Crippen molar-refractivity contribution in [3.8, 4) is 17.9 Å². The smallest absolute Gasteiger partial charge is 0.318 e. The van der Waals surface area contributed by atoms with E-state index in [4.69, 9.17) is 19.8 Å². The van der Waals surface area contributed by atoms with E-state index in [1.807, 2.05) is 6.20 Å². The zero-order valence-corrected chi connectivity index (χ0v) is 24.7. The van der Waals surface area contributed by atoms with E-state index in [0.717, 1.165) is 40.2 Å². The Morgan fingerprint density at radius 2 is 1.98 bits per heavy atom. The topological polar surface area (TPSA) is 114 Å². The van der Waals surface area contributed by atoms with Crippen LogP contribution in [0.25, 0.3) is 10.9 Å². The van der Waals surface area contributed by atoms with E-state index >= 15 is 0 Å². The van der Waals surface area contributed by atoms with Gasteiger partial charge >= 0.3 is 6.01 Å². The number of likely N-dealkylation sites (N-methyl/N-ethyl adjacent to an activating group) is 1. The van der Waals surface area contributed by atoms with Crippen LogP contribution >= 0.6 is 0 Å². The first-order valence-corrected chi connectivity index (χ1v) is 14.6. The fraction of sp³-hybridized carbons (Fsp3) is 0.533. The Morgan fingerprint density at radius 1 is 1.19 bits per heavy atom. The number of piperazine rings is 1. The van der Waals surface area contributed by atoms with Gasteiger partial charge in [-0.25, -0.2) is 8.78 Å². The summed E-state index contributed by atoms with van der Waals surface area (Å²) in [6, 6.07) is 1.84. The molecular weight excluding hydrogens is 558 g/mol. The van der Waals surface area contributed by atoms with Crippen molar-refractivity contribution >= 4 is 28.3 Å². The molecule has 43 heavy (non-hydrogen) atoms. The first kappa shape index (κ1) is 29.1. The molecule has 0 spiro atoms. The quantitative estimate of drug-likeness (QED) is 0.428. The molecule has 11 nitrogen and oxygen atoms in total. The van der Waals surface area contributed by atoms with Crippen LogP contribution in [0, 0.1) is 25.7 Å². The summed E-state index contributed by atoms with van der Waals surface area (Å²) in [5.74, 6) is 2.58. The number of aryl methyl sites for hydroxylation is 1. The molecule has 5 heterocycles. The number of rotatable bonds is 5. The van der Waals surface area contributed by atoms with Crippen molar-refractivity contribution in [1.82, 2.24) is 30.0 Å². The summed E-state index contributed by atoms with van der Waals surface area (Å²) in [7, 11) is 1.68. The van der Waals surface area contributed by atoms with Gasteiger partial charge in [0.25, 0.3) is 11.8 Å². The minimum absolute atomic E-state index is 0.0620. The molecule has 6 rings (SSSR count). The summed E-state index contributed by atoms with van der Waals surface area (Å²) in [5.41, 5.74) is 6.30. The molecule has 2 N–H and O–H groups in total. The second kappa shape index (κ2) is 11.6. The molecule has 3 aromatic rings. The normalized spacial score (nSPS) is 20.2. The van der Waals surface area contributed by atoms with Gasteiger partial charge in [0.2, 0.25) is 0 Å². The number of aromatic amines is 1. The van der Waals surface area contributed by atoms with Gasteiger partial charge in [-0.15, -0.1) is 0 Å². The average molecular weight is 595 g/mol. The molecule has 1 aromatic carbocycles. The molecule has 2 saturated heterocycles. The molecule has 3 aliphatic rings. The molecule has 2 fully saturated rings. The number of likely N-dealkylation sites (tertiary alicyclic amines) is 1. The molecule has 3 aliphatic heterocycles. The molecule has 0 radical (unpaired) electrons. The van der Waals surface area contributed by atoms with Crippen LogP contribution < -0.4 is 14.5 Å². The molecule has 2 aromatic heterocycles. The first-order valence-electron chi connectivity index (χ1n) is 14.6. The highest BCUT2D eigenvalue weighted by Crippen LogP contribution is 2.37. The van der Waals surface area contributed by atoms with Crippen molar-refractivity contribution in [2.24, 2.45) is 0 Å². The van der Waals surface area contributed by atoms with Crippen LogP contribution in [0.2, 0.25) is 0 Å². The Morgan fingerprint density at radius 3 is 2.70 bits per heavy atom. The third-order valence-electron chi connectivity index (χ3n) is 8.75. The Kier molecular flexibility index (Phi) is 7.83. The van der Waals surface area contributed by atoms with Gasteiger partial charge in [-0.05, 0) is 50.4 Å². The maximum Gasteiger partial charge on any atom is 0.318 e. The van der Waals surface area contributed by atoms with Gasteiger partial charge in [0, 0.05) is 56.1 Å². The van der Waals surface area contributed by atoms with Crippen LogP contribution in [0.1, 0.15) is 28.8 Å². The number of amides is 1. The Balaban J connectivity index is 1.29. The van der Waals surface area contributed by atoms with Crippen LogP contribution in [0.15, 0.2) is 12.3 Å². The molecule has 1 atom stereocenters. The number of benzene rings is 1. The number of nitrogens with zero attached hydrogens (tertiary/aromatic N) is 7. The van der Waals surface area contributed by atoms with E-state index in [-0.39, 0.29) is 38.1 Å². The number of nitrogens with one attached hydrogen (secondary N) is 1. The fourth-order valence-corrected chi connectivity index (χ4v) is 6.35. The van der Waals surface area contributed by atoms with Gasteiger partial charge in [-0.1, -0.05) is 5.92 Å². The van der Waals surface area contributed by atoms with Crippen molar-refractivity contribution < 1.29 is 23.4 Å². The lowest BCUT2D eigenvalue weighted by molar-refractivity contribution is -0.125. The van der Waals surface area contributed by atoms with E-state index in [0.29, 0.717) is 39.1 Å². The lowest BCUT2D eigenvalue weighted by atomic mass is 9.99. The van der Waals surface area contributed by atoms with E-state index in [1.54, 1.807) is 16.8 Å². The monoisotopic (exact) mass is 594 g/mol. The number of halogens is 2. The highest BCUT2D eigenvalue weighted by atomic mass is 19.3. The summed E-state index contributed by atoms with van der Waals surface area (Å²) < 4.78 is 34.1. The number of carbonyl (C=O) groups is 1. The average Bonchev–Trinajstić information content (AvgIpc) is 3.56. The Bertz CT molecular complexity index is 1590. The van der Waals surface area contributed by atoms with Crippen LogP contribution in [-0.4, -0.2) is 112 Å². The maximum atomic E-state index is 14.0. The highest BCUT2D eigenvalue weighted by Gasteiger charge is 2.43. The lowest BCUT2D eigenvalue weighted by Gasteiger charge is -2.38. The highest BCUT2D eigenvalue weighted by molar-refractivity contribution is 5.95. The van der Waals surface area contributed by atoms with Crippen molar-refractivity contribution in [3.05, 3.63) is 34.6 Å². The molecule has 0 bridgehead atoms. The zero-order valence-electron chi connectivity index (χ0n) is 24.7.